The predicted molar refractivity (Wildman–Crippen MR) is 164 cm³/mol. The lowest BCUT2D eigenvalue weighted by Crippen LogP contribution is -2.47. The van der Waals surface area contributed by atoms with Gasteiger partial charge in [-0.3, -0.25) is 24.0 Å². The Morgan fingerprint density at radius 1 is 1.02 bits per heavy atom. The smallest absolute Gasteiger partial charge is 0.305 e. The zero-order chi connectivity index (χ0) is 33.3. The van der Waals surface area contributed by atoms with Crippen LogP contribution in [0.25, 0.3) is 0 Å². The molecule has 0 bridgehead atoms. The molecule has 1 aliphatic rings. The molecule has 0 aromatic heterocycles. The number of methoxy groups -OCH3 is 3. The zero-order valence-corrected chi connectivity index (χ0v) is 27.0. The van der Waals surface area contributed by atoms with Gasteiger partial charge < -0.3 is 33.9 Å². The van der Waals surface area contributed by atoms with Crippen LogP contribution >= 0.6 is 11.6 Å². The summed E-state index contributed by atoms with van der Waals surface area (Å²) in [5, 5.41) is 2.91. The highest BCUT2D eigenvalue weighted by Gasteiger charge is 2.41. The van der Waals surface area contributed by atoms with Crippen molar-refractivity contribution in [3.63, 3.8) is 0 Å². The number of para-hydroxylation sites is 1. The quantitative estimate of drug-likeness (QED) is 0.301. The maximum Gasteiger partial charge on any atom is 0.305 e. The summed E-state index contributed by atoms with van der Waals surface area (Å²) in [6, 6.07) is 10.3. The second-order valence-electron chi connectivity index (χ2n) is 11.3. The summed E-state index contributed by atoms with van der Waals surface area (Å²) in [5.74, 6) is -1.71. The van der Waals surface area contributed by atoms with E-state index in [1.165, 1.54) is 33.2 Å². The van der Waals surface area contributed by atoms with Crippen molar-refractivity contribution in [3.05, 3.63) is 52.5 Å². The molecule has 0 spiro atoms. The normalized spacial score (nSPS) is 16.2. The van der Waals surface area contributed by atoms with Gasteiger partial charge in [0.05, 0.1) is 47.3 Å². The minimum absolute atomic E-state index is 0.0296. The fourth-order valence-corrected chi connectivity index (χ4v) is 5.05. The van der Waals surface area contributed by atoms with E-state index in [-0.39, 0.29) is 38.3 Å². The second-order valence-corrected chi connectivity index (χ2v) is 11.7. The zero-order valence-electron chi connectivity index (χ0n) is 26.3. The number of hydrogen-bond donors (Lipinski definition) is 1. The number of ketones is 1. The summed E-state index contributed by atoms with van der Waals surface area (Å²) >= 11 is 6.47. The van der Waals surface area contributed by atoms with Crippen LogP contribution in [0, 0.1) is 5.41 Å². The van der Waals surface area contributed by atoms with Crippen LogP contribution in [0.15, 0.2) is 36.4 Å². The van der Waals surface area contributed by atoms with E-state index in [9.17, 15) is 24.0 Å². The Bertz CT molecular complexity index is 1430. The van der Waals surface area contributed by atoms with Crippen molar-refractivity contribution in [2.75, 3.05) is 45.9 Å². The van der Waals surface area contributed by atoms with Crippen LogP contribution in [0.1, 0.15) is 57.3 Å². The Kier molecular flexibility index (Phi) is 12.3. The van der Waals surface area contributed by atoms with E-state index in [0.717, 1.165) is 0 Å². The van der Waals surface area contributed by atoms with Crippen LogP contribution < -0.4 is 19.7 Å². The first-order chi connectivity index (χ1) is 21.3. The molecule has 0 saturated heterocycles. The standard InChI is InChI=1S/C32H39ClN2O10/c1-19(36)44-18-32(2,3)17-35-24-12-10-20(33)14-23(24)29(22-8-7-9-25(41-4)30(22)43-6)45-26(31(35)40)15-27(38)34-16-21(37)11-13-28(39)42-5/h7-10,12,14,26,29H,11,13,15-18H2,1-6H3,(H,34,38). The summed E-state index contributed by atoms with van der Waals surface area (Å²) in [6.07, 6.45) is -2.89. The molecular weight excluding hydrogens is 608 g/mol. The molecule has 0 radical (unpaired) electrons. The Hall–Kier alpha value is -4.16. The van der Waals surface area contributed by atoms with E-state index in [0.29, 0.717) is 33.3 Å². The van der Waals surface area contributed by atoms with Crippen molar-refractivity contribution >= 4 is 46.8 Å². The number of Topliss-reactive ketones (excluding diaryl/α,β-unsaturated/α-hetero) is 1. The fraction of sp³-hybridized carbons (Fsp3) is 0.469. The number of amides is 2. The highest BCUT2D eigenvalue weighted by Crippen LogP contribution is 2.45. The summed E-state index contributed by atoms with van der Waals surface area (Å²) in [7, 11) is 4.20. The number of halogens is 1. The largest absolute Gasteiger partial charge is 0.493 e. The number of anilines is 1. The summed E-state index contributed by atoms with van der Waals surface area (Å²) in [4.78, 5) is 64.0. The molecule has 3 rings (SSSR count). The predicted octanol–water partition coefficient (Wildman–Crippen LogP) is 3.80. The van der Waals surface area contributed by atoms with Gasteiger partial charge in [0.1, 0.15) is 12.2 Å². The number of rotatable bonds is 14. The van der Waals surface area contributed by atoms with Gasteiger partial charge >= 0.3 is 11.9 Å². The molecule has 2 aromatic rings. The highest BCUT2D eigenvalue weighted by molar-refractivity contribution is 6.30. The number of esters is 2. The van der Waals surface area contributed by atoms with Crippen molar-refractivity contribution in [3.8, 4) is 11.5 Å². The molecule has 2 amide bonds. The van der Waals surface area contributed by atoms with Gasteiger partial charge in [-0.25, -0.2) is 0 Å². The van der Waals surface area contributed by atoms with Gasteiger partial charge in [0.25, 0.3) is 5.91 Å². The molecule has 1 N–H and O–H groups in total. The average Bonchev–Trinajstić information content (AvgIpc) is 3.11. The number of hydrogen-bond acceptors (Lipinski definition) is 10. The lowest BCUT2D eigenvalue weighted by molar-refractivity contribution is -0.144. The third kappa shape index (κ3) is 9.41. The van der Waals surface area contributed by atoms with Gasteiger partial charge in [-0.05, 0) is 24.3 Å². The van der Waals surface area contributed by atoms with Crippen LogP contribution in [0.3, 0.4) is 0 Å². The molecule has 0 aliphatic carbocycles. The molecule has 45 heavy (non-hydrogen) atoms. The van der Waals surface area contributed by atoms with Gasteiger partial charge in [0, 0.05) is 47.1 Å². The molecule has 12 nitrogen and oxygen atoms in total. The Balaban J connectivity index is 2.04. The van der Waals surface area contributed by atoms with Crippen LogP contribution in [0.5, 0.6) is 11.5 Å². The van der Waals surface area contributed by atoms with Gasteiger partial charge in [-0.15, -0.1) is 0 Å². The molecule has 244 valence electrons. The maximum absolute atomic E-state index is 14.3. The molecule has 1 aliphatic heterocycles. The van der Waals surface area contributed by atoms with Crippen molar-refractivity contribution in [1.29, 1.82) is 0 Å². The lowest BCUT2D eigenvalue weighted by Gasteiger charge is -2.33. The van der Waals surface area contributed by atoms with E-state index in [2.05, 4.69) is 10.1 Å². The fourth-order valence-electron chi connectivity index (χ4n) is 4.87. The summed E-state index contributed by atoms with van der Waals surface area (Å²) in [6.45, 7) is 4.78. The molecule has 0 fully saturated rings. The molecule has 2 aromatic carbocycles. The third-order valence-corrected chi connectivity index (χ3v) is 7.30. The number of fused-ring (bicyclic) bond motifs is 1. The SMILES string of the molecule is COC(=O)CCC(=O)CNC(=O)CC1OC(c2cccc(OC)c2OC)c2cc(Cl)ccc2N(CC(C)(C)COC(C)=O)C1=O. The Morgan fingerprint density at radius 3 is 2.40 bits per heavy atom. The average molecular weight is 647 g/mol. The number of carbonyl (C=O) groups excluding carboxylic acids is 5. The number of nitrogens with one attached hydrogen (secondary N) is 1. The minimum atomic E-state index is -1.31. The molecular formula is C32H39ClN2O10. The monoisotopic (exact) mass is 646 g/mol. The van der Waals surface area contributed by atoms with Crippen molar-refractivity contribution in [2.45, 2.75) is 52.2 Å². The lowest BCUT2D eigenvalue weighted by atomic mass is 9.92. The summed E-state index contributed by atoms with van der Waals surface area (Å²) in [5.41, 5.74) is 0.838. The summed E-state index contributed by atoms with van der Waals surface area (Å²) < 4.78 is 27.5. The maximum atomic E-state index is 14.3. The van der Waals surface area contributed by atoms with Crippen LogP contribution in [-0.4, -0.2) is 76.7 Å². The number of carbonyl (C=O) groups is 5. The van der Waals surface area contributed by atoms with E-state index in [1.54, 1.807) is 36.4 Å². The van der Waals surface area contributed by atoms with E-state index in [1.807, 2.05) is 13.8 Å². The number of nitrogens with zero attached hydrogens (tertiary/aromatic N) is 1. The molecule has 2 unspecified atom stereocenters. The first-order valence-corrected chi connectivity index (χ1v) is 14.6. The van der Waals surface area contributed by atoms with E-state index in [4.69, 9.17) is 30.5 Å². The number of ether oxygens (including phenoxy) is 5. The third-order valence-electron chi connectivity index (χ3n) is 7.06. The second kappa shape index (κ2) is 15.7. The Morgan fingerprint density at radius 2 is 1.76 bits per heavy atom. The first-order valence-electron chi connectivity index (χ1n) is 14.3. The van der Waals surface area contributed by atoms with Crippen LogP contribution in [-0.2, 0) is 38.2 Å². The first kappa shape index (κ1) is 35.3. The van der Waals surface area contributed by atoms with Crippen LogP contribution in [0.2, 0.25) is 5.02 Å². The molecule has 13 heteroatoms. The van der Waals surface area contributed by atoms with E-state index >= 15 is 0 Å². The number of benzene rings is 2. The molecule has 0 saturated carbocycles. The van der Waals surface area contributed by atoms with Gasteiger partial charge in [0.15, 0.2) is 17.3 Å². The topological polar surface area (TPSA) is 147 Å². The van der Waals surface area contributed by atoms with Crippen molar-refractivity contribution in [1.82, 2.24) is 5.32 Å². The Labute approximate surface area is 267 Å². The van der Waals surface area contributed by atoms with Crippen molar-refractivity contribution in [2.24, 2.45) is 5.41 Å². The van der Waals surface area contributed by atoms with Gasteiger partial charge in [-0.1, -0.05) is 37.6 Å². The highest BCUT2D eigenvalue weighted by atomic mass is 35.5. The minimum Gasteiger partial charge on any atom is -0.493 e. The molecule has 2 atom stereocenters. The van der Waals surface area contributed by atoms with Gasteiger partial charge in [-0.2, -0.15) is 0 Å². The van der Waals surface area contributed by atoms with Crippen LogP contribution in [0.4, 0.5) is 5.69 Å². The molecule has 1 heterocycles. The van der Waals surface area contributed by atoms with Gasteiger partial charge in [0.2, 0.25) is 5.91 Å². The van der Waals surface area contributed by atoms with Crippen molar-refractivity contribution < 1.29 is 47.7 Å². The van der Waals surface area contributed by atoms with E-state index < -0.39 is 47.8 Å².